The lowest BCUT2D eigenvalue weighted by Gasteiger charge is -2.14. The maximum Gasteiger partial charge on any atom is 0.120 e. The lowest BCUT2D eigenvalue weighted by atomic mass is 10.1. The molecule has 0 spiro atoms. The number of unbranched alkanes of at least 4 members (excludes halogenated alkanes) is 2. The molecule has 0 radical (unpaired) electrons. The number of likely N-dealkylation sites (tertiary alicyclic amines) is 1. The summed E-state index contributed by atoms with van der Waals surface area (Å²) in [5.74, 6) is 1.90. The van der Waals surface area contributed by atoms with Gasteiger partial charge in [-0.3, -0.25) is 4.39 Å². The molecule has 2 aliphatic rings. The summed E-state index contributed by atoms with van der Waals surface area (Å²) < 4.78 is 22.9. The Hall–Kier alpha value is -2.64. The first-order valence-corrected chi connectivity index (χ1v) is 13.1. The van der Waals surface area contributed by atoms with Gasteiger partial charge in [-0.25, -0.2) is 0 Å². The average molecular weight is 505 g/mol. The molecule has 202 valence electrons. The van der Waals surface area contributed by atoms with Crippen LogP contribution in [0.15, 0.2) is 60.1 Å². The normalized spacial score (nSPS) is 14.9. The summed E-state index contributed by atoms with van der Waals surface area (Å²) in [4.78, 5) is 12.6. The van der Waals surface area contributed by atoms with Crippen LogP contribution >= 0.6 is 0 Å². The first-order chi connectivity index (χ1) is 17.7. The monoisotopic (exact) mass is 504 g/mol. The molecule has 0 aromatic heterocycles. The molecule has 36 heavy (non-hydrogen) atoms. The first kappa shape index (κ1) is 31.4. The summed E-state index contributed by atoms with van der Waals surface area (Å²) >= 11 is 0. The number of nitrogens with zero attached hydrogens (tertiary/aromatic N) is 1. The van der Waals surface area contributed by atoms with Crippen LogP contribution in [-0.4, -0.2) is 62.9 Å². The predicted octanol–water partition coefficient (Wildman–Crippen LogP) is 5.69. The minimum Gasteiger partial charge on any atom is -0.508 e. The van der Waals surface area contributed by atoms with Gasteiger partial charge in [-0.15, -0.1) is 0 Å². The number of carbonyl (C=O) groups is 1. The molecule has 3 N–H and O–H groups in total. The fraction of sp³-hybridized carbons (Fsp3) is 0.552. The summed E-state index contributed by atoms with van der Waals surface area (Å²) in [6, 6.07) is 8.35. The molecule has 1 saturated heterocycles. The van der Waals surface area contributed by atoms with E-state index in [1.165, 1.54) is 51.5 Å². The second-order valence-corrected chi connectivity index (χ2v) is 8.50. The Morgan fingerprint density at radius 2 is 1.69 bits per heavy atom. The number of aldehydes is 1. The maximum atomic E-state index is 11.9. The molecule has 6 nitrogen and oxygen atoms in total. The third kappa shape index (κ3) is 15.4. The highest BCUT2D eigenvalue weighted by Gasteiger charge is 2.10. The Kier molecular flexibility index (Phi) is 18.9. The van der Waals surface area contributed by atoms with E-state index in [4.69, 9.17) is 14.6 Å². The number of rotatable bonds is 14. The van der Waals surface area contributed by atoms with E-state index in [2.05, 4.69) is 22.8 Å². The van der Waals surface area contributed by atoms with E-state index in [1.807, 2.05) is 18.2 Å². The van der Waals surface area contributed by atoms with Crippen molar-refractivity contribution in [2.24, 2.45) is 5.73 Å². The lowest BCUT2D eigenvalue weighted by Crippen LogP contribution is -2.20. The number of alkyl halides is 1. The fourth-order valence-electron chi connectivity index (χ4n) is 3.72. The van der Waals surface area contributed by atoms with Gasteiger partial charge in [0.05, 0.1) is 19.9 Å². The smallest absolute Gasteiger partial charge is 0.120 e. The zero-order chi connectivity index (χ0) is 26.3. The Balaban J connectivity index is 0.000000356. The van der Waals surface area contributed by atoms with Crippen molar-refractivity contribution < 1.29 is 23.8 Å². The van der Waals surface area contributed by atoms with E-state index in [-0.39, 0.29) is 12.4 Å². The van der Waals surface area contributed by atoms with E-state index in [0.717, 1.165) is 37.1 Å². The van der Waals surface area contributed by atoms with E-state index in [0.29, 0.717) is 32.5 Å². The Morgan fingerprint density at radius 1 is 0.972 bits per heavy atom. The zero-order valence-electron chi connectivity index (χ0n) is 21.9. The summed E-state index contributed by atoms with van der Waals surface area (Å²) in [6.07, 6.45) is 16.2. The minimum absolute atomic E-state index is 0.251. The number of hydrogen-bond acceptors (Lipinski definition) is 6. The summed E-state index contributed by atoms with van der Waals surface area (Å²) in [5.41, 5.74) is 5.88. The largest absolute Gasteiger partial charge is 0.508 e. The molecular formula is C29H45FN2O4. The molecule has 7 heteroatoms. The van der Waals surface area contributed by atoms with Crippen LogP contribution in [0.4, 0.5) is 4.39 Å². The average Bonchev–Trinajstić information content (AvgIpc) is 3.34. The second-order valence-electron chi connectivity index (χ2n) is 8.50. The summed E-state index contributed by atoms with van der Waals surface area (Å²) in [7, 11) is 1.50. The molecule has 3 rings (SSSR count). The third-order valence-corrected chi connectivity index (χ3v) is 5.66. The predicted molar refractivity (Wildman–Crippen MR) is 145 cm³/mol. The van der Waals surface area contributed by atoms with E-state index >= 15 is 0 Å². The van der Waals surface area contributed by atoms with Crippen molar-refractivity contribution in [3.8, 4) is 5.75 Å². The molecule has 0 unspecified atom stereocenters. The van der Waals surface area contributed by atoms with E-state index in [1.54, 1.807) is 18.2 Å². The zero-order valence-corrected chi connectivity index (χ0v) is 21.9. The topological polar surface area (TPSA) is 85.0 Å². The van der Waals surface area contributed by atoms with Crippen molar-refractivity contribution in [3.63, 3.8) is 0 Å². The van der Waals surface area contributed by atoms with Gasteiger partial charge in [-0.2, -0.15) is 0 Å². The van der Waals surface area contributed by atoms with Crippen molar-refractivity contribution >= 4 is 6.29 Å². The number of aryl methyl sites for hydroxylation is 1. The van der Waals surface area contributed by atoms with Crippen LogP contribution in [0.1, 0.15) is 56.9 Å². The van der Waals surface area contributed by atoms with Crippen LogP contribution in [0.2, 0.25) is 0 Å². The molecule has 0 amide bonds. The summed E-state index contributed by atoms with van der Waals surface area (Å²) in [6.45, 7) is 4.69. The fourth-order valence-corrected chi connectivity index (χ4v) is 3.72. The number of ether oxygens (including phenoxy) is 2. The molecule has 0 atom stereocenters. The molecule has 1 heterocycles. The van der Waals surface area contributed by atoms with E-state index < -0.39 is 0 Å². The summed E-state index contributed by atoms with van der Waals surface area (Å²) in [5, 5.41) is 9.16. The third-order valence-electron chi connectivity index (χ3n) is 5.66. The van der Waals surface area contributed by atoms with Crippen molar-refractivity contribution in [2.45, 2.75) is 57.8 Å². The number of hydrogen-bond donors (Lipinski definition) is 2. The van der Waals surface area contributed by atoms with Crippen LogP contribution < -0.4 is 10.5 Å². The van der Waals surface area contributed by atoms with Gasteiger partial charge < -0.3 is 30.0 Å². The maximum absolute atomic E-state index is 11.9. The van der Waals surface area contributed by atoms with Gasteiger partial charge in [-0.05, 0) is 120 Å². The van der Waals surface area contributed by atoms with Crippen molar-refractivity contribution in [2.75, 3.05) is 46.6 Å². The van der Waals surface area contributed by atoms with Gasteiger partial charge >= 0.3 is 0 Å². The molecule has 1 fully saturated rings. The Bertz CT molecular complexity index is 772. The number of aliphatic hydroxyl groups is 1. The molecule has 1 aliphatic heterocycles. The second kappa shape index (κ2) is 21.6. The number of allylic oxidation sites excluding steroid dienone is 4. The van der Waals surface area contributed by atoms with E-state index in [9.17, 15) is 9.18 Å². The highest BCUT2D eigenvalue weighted by Crippen LogP contribution is 2.15. The highest BCUT2D eigenvalue weighted by atomic mass is 19.1. The molecule has 1 aliphatic carbocycles. The number of carbonyl (C=O) groups excluding carboxylic acids is 1. The number of benzene rings is 1. The van der Waals surface area contributed by atoms with Crippen LogP contribution in [0.3, 0.4) is 0 Å². The molecule has 0 bridgehead atoms. The van der Waals surface area contributed by atoms with Crippen LogP contribution in [0.25, 0.3) is 0 Å². The quantitative estimate of drug-likeness (QED) is 0.250. The van der Waals surface area contributed by atoms with Gasteiger partial charge in [0.15, 0.2) is 0 Å². The van der Waals surface area contributed by atoms with Crippen LogP contribution in [0, 0.1) is 0 Å². The molecular weight excluding hydrogens is 459 g/mol. The van der Waals surface area contributed by atoms with Crippen LogP contribution in [0.5, 0.6) is 5.75 Å². The first-order valence-electron chi connectivity index (χ1n) is 13.1. The Morgan fingerprint density at radius 3 is 2.39 bits per heavy atom. The Labute approximate surface area is 216 Å². The number of halogens is 1. The van der Waals surface area contributed by atoms with Gasteiger partial charge in [-0.1, -0.05) is 12.1 Å². The van der Waals surface area contributed by atoms with Gasteiger partial charge in [0.1, 0.15) is 23.6 Å². The molecule has 1 aromatic rings. The van der Waals surface area contributed by atoms with Crippen molar-refractivity contribution in [1.29, 1.82) is 0 Å². The van der Waals surface area contributed by atoms with Gasteiger partial charge in [0.25, 0.3) is 0 Å². The lowest BCUT2D eigenvalue weighted by molar-refractivity contribution is -0.108. The minimum atomic E-state index is -0.251. The van der Waals surface area contributed by atoms with Crippen molar-refractivity contribution in [1.82, 2.24) is 4.90 Å². The van der Waals surface area contributed by atoms with Gasteiger partial charge in [0.2, 0.25) is 0 Å². The van der Waals surface area contributed by atoms with Gasteiger partial charge in [0, 0.05) is 6.42 Å². The number of nitrogens with two attached hydrogens (primary N) is 1. The van der Waals surface area contributed by atoms with Crippen molar-refractivity contribution in [3.05, 3.63) is 65.7 Å². The van der Waals surface area contributed by atoms with Crippen LogP contribution in [-0.2, 0) is 16.0 Å². The molecule has 1 aromatic carbocycles. The molecule has 0 saturated carbocycles. The standard InChI is InChI=1S/C17H26FNO.C11H14O3.CH5N/c18-11-1-4-15-20-17-9-7-16(8-10-17)6-5-14-19-12-2-3-13-19;12-8-1-2-9-14-11-5-3-4-10(13)6-7-11;1-2/h7-10H,1-6,11-15H2;4-8,13H,1-3,9H2;2H2,1H3. The SMILES string of the molecule is CN.FCCCCOc1ccc(CCCN2CCCC2)cc1.O=CCCCOC1=CCC=C(O)C=C1. The number of aliphatic hydroxyl groups excluding tert-OH is 1. The highest BCUT2D eigenvalue weighted by molar-refractivity contribution is 5.48.